The Morgan fingerprint density at radius 3 is 2.79 bits per heavy atom. The van der Waals surface area contributed by atoms with Crippen molar-refractivity contribution in [1.82, 2.24) is 24.6 Å². The Labute approximate surface area is 172 Å². The molecule has 0 aliphatic heterocycles. The molecule has 3 aromatic rings. The van der Waals surface area contributed by atoms with Crippen molar-refractivity contribution >= 4 is 28.7 Å². The molecule has 1 aromatic carbocycles. The molecule has 0 saturated heterocycles. The summed E-state index contributed by atoms with van der Waals surface area (Å²) < 4.78 is 16.8. The van der Waals surface area contributed by atoms with Crippen LogP contribution in [0.15, 0.2) is 40.4 Å². The summed E-state index contributed by atoms with van der Waals surface area (Å²) in [6.07, 6.45) is 2.50. The Morgan fingerprint density at radius 2 is 2.07 bits per heavy atom. The molecule has 0 unspecified atom stereocenters. The normalized spacial score (nSPS) is 11.3. The summed E-state index contributed by atoms with van der Waals surface area (Å²) in [6, 6.07) is 6.31. The largest absolute Gasteiger partial charge is 0.351 e. The molecule has 29 heavy (non-hydrogen) atoms. The maximum absolute atomic E-state index is 13.7. The lowest BCUT2D eigenvalue weighted by atomic mass is 10.1. The molecule has 0 aliphatic carbocycles. The summed E-state index contributed by atoms with van der Waals surface area (Å²) in [4.78, 5) is 29.6. The van der Waals surface area contributed by atoms with Crippen molar-refractivity contribution in [3.63, 3.8) is 0 Å². The Balaban J connectivity index is 1.74. The third-order valence-corrected chi connectivity index (χ3v) is 5.38. The number of fused-ring (bicyclic) bond motifs is 1. The van der Waals surface area contributed by atoms with Crippen LogP contribution in [-0.2, 0) is 24.9 Å². The summed E-state index contributed by atoms with van der Waals surface area (Å²) in [6.45, 7) is 4.79. The standard InChI is InChI=1S/C20H24FN5O2S/c1-13(2)8-9-26-19(28)18-16(11-25(3)24-18)23-20(26)29-12-17(27)22-10-14-6-4-5-7-15(14)21/h4-7,11,13H,8-10,12H2,1-3H3,(H,22,27). The summed E-state index contributed by atoms with van der Waals surface area (Å²) in [7, 11) is 1.74. The van der Waals surface area contributed by atoms with E-state index in [1.54, 1.807) is 40.7 Å². The molecule has 7 nitrogen and oxygen atoms in total. The van der Waals surface area contributed by atoms with Gasteiger partial charge in [0.05, 0.1) is 11.9 Å². The van der Waals surface area contributed by atoms with Crippen molar-refractivity contribution in [1.29, 1.82) is 0 Å². The van der Waals surface area contributed by atoms with E-state index in [1.165, 1.54) is 17.8 Å². The number of rotatable bonds is 8. The predicted octanol–water partition coefficient (Wildman–Crippen LogP) is 2.72. The third-order valence-electron chi connectivity index (χ3n) is 4.40. The van der Waals surface area contributed by atoms with Crippen LogP contribution in [0.4, 0.5) is 4.39 Å². The topological polar surface area (TPSA) is 81.8 Å². The molecule has 0 aliphatic rings. The number of hydrogen-bond donors (Lipinski definition) is 1. The first-order chi connectivity index (χ1) is 13.8. The van der Waals surface area contributed by atoms with Crippen LogP contribution < -0.4 is 10.9 Å². The fourth-order valence-corrected chi connectivity index (χ4v) is 3.65. The van der Waals surface area contributed by atoms with E-state index in [0.29, 0.717) is 34.2 Å². The van der Waals surface area contributed by atoms with Gasteiger partial charge in [-0.1, -0.05) is 43.8 Å². The molecule has 1 N–H and O–H groups in total. The molecule has 0 radical (unpaired) electrons. The van der Waals surface area contributed by atoms with E-state index in [2.05, 4.69) is 29.2 Å². The molecular formula is C20H24FN5O2S. The summed E-state index contributed by atoms with van der Waals surface area (Å²) in [5.41, 5.74) is 1.05. The molecule has 0 saturated carbocycles. The number of nitrogens with zero attached hydrogens (tertiary/aromatic N) is 4. The number of aryl methyl sites for hydroxylation is 1. The van der Waals surface area contributed by atoms with Crippen molar-refractivity contribution in [3.8, 4) is 0 Å². The van der Waals surface area contributed by atoms with E-state index in [4.69, 9.17) is 0 Å². The number of aromatic nitrogens is 4. The first-order valence-corrected chi connectivity index (χ1v) is 10.4. The smallest absolute Gasteiger partial charge is 0.282 e. The molecule has 9 heteroatoms. The highest BCUT2D eigenvalue weighted by atomic mass is 32.2. The highest BCUT2D eigenvalue weighted by Crippen LogP contribution is 2.18. The van der Waals surface area contributed by atoms with Gasteiger partial charge in [0.25, 0.3) is 5.56 Å². The molecule has 154 valence electrons. The van der Waals surface area contributed by atoms with Crippen molar-refractivity contribution in [2.24, 2.45) is 13.0 Å². The van der Waals surface area contributed by atoms with Gasteiger partial charge in [0, 0.05) is 25.7 Å². The van der Waals surface area contributed by atoms with E-state index >= 15 is 0 Å². The number of benzene rings is 1. The maximum atomic E-state index is 13.7. The summed E-state index contributed by atoms with van der Waals surface area (Å²) in [5, 5.41) is 7.39. The Bertz CT molecular complexity index is 1080. The number of thioether (sulfide) groups is 1. The minimum Gasteiger partial charge on any atom is -0.351 e. The number of carbonyl (C=O) groups is 1. The fraction of sp³-hybridized carbons (Fsp3) is 0.400. The van der Waals surface area contributed by atoms with Crippen LogP contribution in [0.2, 0.25) is 0 Å². The molecule has 2 heterocycles. The van der Waals surface area contributed by atoms with Crippen LogP contribution in [0.1, 0.15) is 25.8 Å². The molecule has 0 atom stereocenters. The fourth-order valence-electron chi connectivity index (χ4n) is 2.80. The van der Waals surface area contributed by atoms with Crippen molar-refractivity contribution in [2.45, 2.75) is 38.5 Å². The minimum atomic E-state index is -0.355. The number of halogens is 1. The first-order valence-electron chi connectivity index (χ1n) is 9.42. The maximum Gasteiger partial charge on any atom is 0.282 e. The number of amides is 1. The molecule has 0 spiro atoms. The van der Waals surface area contributed by atoms with E-state index in [-0.39, 0.29) is 29.6 Å². The molecule has 1 amide bonds. The van der Waals surface area contributed by atoms with Gasteiger partial charge in [0.1, 0.15) is 11.3 Å². The van der Waals surface area contributed by atoms with E-state index in [1.807, 2.05) is 0 Å². The summed E-state index contributed by atoms with van der Waals surface area (Å²) >= 11 is 1.19. The number of nitrogens with one attached hydrogen (secondary N) is 1. The minimum absolute atomic E-state index is 0.0777. The molecule has 2 aromatic heterocycles. The van der Waals surface area contributed by atoms with Crippen LogP contribution in [0.5, 0.6) is 0 Å². The van der Waals surface area contributed by atoms with Gasteiger partial charge in [0.15, 0.2) is 10.7 Å². The molecular weight excluding hydrogens is 393 g/mol. The molecule has 0 fully saturated rings. The lowest BCUT2D eigenvalue weighted by Crippen LogP contribution is -2.27. The molecule has 3 rings (SSSR count). The average Bonchev–Trinajstić information content (AvgIpc) is 3.05. The zero-order chi connectivity index (χ0) is 21.0. The highest BCUT2D eigenvalue weighted by molar-refractivity contribution is 7.99. The predicted molar refractivity (Wildman–Crippen MR) is 111 cm³/mol. The first kappa shape index (κ1) is 21.0. The van der Waals surface area contributed by atoms with Gasteiger partial charge in [-0.3, -0.25) is 18.8 Å². The van der Waals surface area contributed by atoms with Crippen molar-refractivity contribution in [2.75, 3.05) is 5.75 Å². The van der Waals surface area contributed by atoms with E-state index < -0.39 is 0 Å². The quantitative estimate of drug-likeness (QED) is 0.450. The SMILES string of the molecule is CC(C)CCn1c(SCC(=O)NCc2ccccc2F)nc2cn(C)nc2c1=O. The van der Waals surface area contributed by atoms with Gasteiger partial charge >= 0.3 is 0 Å². The zero-order valence-electron chi connectivity index (χ0n) is 16.7. The van der Waals surface area contributed by atoms with Gasteiger partial charge in [-0.05, 0) is 18.4 Å². The second-order valence-electron chi connectivity index (χ2n) is 7.23. The van der Waals surface area contributed by atoms with Crippen LogP contribution in [0.3, 0.4) is 0 Å². The van der Waals surface area contributed by atoms with Crippen molar-refractivity contribution < 1.29 is 9.18 Å². The van der Waals surface area contributed by atoms with E-state index in [0.717, 1.165) is 6.42 Å². The summed E-state index contributed by atoms with van der Waals surface area (Å²) in [5.74, 6) is -0.113. The second-order valence-corrected chi connectivity index (χ2v) is 8.17. The lowest BCUT2D eigenvalue weighted by molar-refractivity contribution is -0.118. The Hall–Kier alpha value is -2.68. The number of hydrogen-bond acceptors (Lipinski definition) is 5. The zero-order valence-corrected chi connectivity index (χ0v) is 17.5. The van der Waals surface area contributed by atoms with Crippen LogP contribution in [0, 0.1) is 11.7 Å². The highest BCUT2D eigenvalue weighted by Gasteiger charge is 2.16. The van der Waals surface area contributed by atoms with Gasteiger partial charge in [-0.15, -0.1) is 0 Å². The Kier molecular flexibility index (Phi) is 6.68. The van der Waals surface area contributed by atoms with Gasteiger partial charge in [0.2, 0.25) is 5.91 Å². The van der Waals surface area contributed by atoms with Crippen molar-refractivity contribution in [3.05, 3.63) is 52.2 Å². The second kappa shape index (κ2) is 9.21. The van der Waals surface area contributed by atoms with E-state index in [9.17, 15) is 14.0 Å². The van der Waals surface area contributed by atoms with Gasteiger partial charge in [-0.2, -0.15) is 5.10 Å². The lowest BCUT2D eigenvalue weighted by Gasteiger charge is -2.13. The van der Waals surface area contributed by atoms with Crippen LogP contribution in [-0.4, -0.2) is 31.0 Å². The monoisotopic (exact) mass is 417 g/mol. The van der Waals surface area contributed by atoms with Gasteiger partial charge in [-0.25, -0.2) is 9.37 Å². The average molecular weight is 418 g/mol. The Morgan fingerprint density at radius 1 is 1.31 bits per heavy atom. The number of carbonyl (C=O) groups excluding carboxylic acids is 1. The van der Waals surface area contributed by atoms with Gasteiger partial charge < -0.3 is 5.32 Å². The van der Waals surface area contributed by atoms with Crippen LogP contribution >= 0.6 is 11.8 Å². The molecule has 0 bridgehead atoms. The third kappa shape index (κ3) is 5.23. The van der Waals surface area contributed by atoms with Crippen LogP contribution in [0.25, 0.3) is 11.0 Å².